The minimum atomic E-state index is -4.69. The van der Waals surface area contributed by atoms with Crippen LogP contribution in [0.15, 0.2) is 35.5 Å². The lowest BCUT2D eigenvalue weighted by Gasteiger charge is -2.27. The van der Waals surface area contributed by atoms with Crippen LogP contribution < -0.4 is 4.72 Å². The molecule has 0 spiro atoms. The number of aryl methyl sites for hydroxylation is 1. The molecule has 0 radical (unpaired) electrons. The number of rotatable bonds is 4. The summed E-state index contributed by atoms with van der Waals surface area (Å²) in [5.74, 6) is -1.23. The van der Waals surface area contributed by atoms with Crippen LogP contribution in [0, 0.1) is 0 Å². The summed E-state index contributed by atoms with van der Waals surface area (Å²) >= 11 is 11.8. The number of nitrogens with zero attached hydrogens (tertiary/aromatic N) is 3. The smallest absolute Gasteiger partial charge is 0.311 e. The third kappa shape index (κ3) is 4.36. The zero-order chi connectivity index (χ0) is 21.6. The second-order valence-electron chi connectivity index (χ2n) is 6.03. The number of alkyl halides is 3. The monoisotopic (exact) mass is 468 g/mol. The van der Waals surface area contributed by atoms with Crippen molar-refractivity contribution in [3.63, 3.8) is 0 Å². The van der Waals surface area contributed by atoms with Crippen molar-refractivity contribution >= 4 is 44.2 Å². The van der Waals surface area contributed by atoms with Crippen molar-refractivity contribution in [3.05, 3.63) is 52.7 Å². The maximum atomic E-state index is 12.9. The average Bonchev–Trinajstić information content (AvgIpc) is 3.06. The molecule has 0 bridgehead atoms. The second kappa shape index (κ2) is 7.54. The van der Waals surface area contributed by atoms with Crippen LogP contribution in [0.1, 0.15) is 28.8 Å². The fourth-order valence-electron chi connectivity index (χ4n) is 2.58. The number of amides is 1. The van der Waals surface area contributed by atoms with Gasteiger partial charge in [-0.2, -0.15) is 13.2 Å². The Balaban J connectivity index is 1.87. The molecule has 0 atom stereocenters. The molecule has 0 unspecified atom stereocenters. The zero-order valence-corrected chi connectivity index (χ0v) is 17.0. The quantitative estimate of drug-likeness (QED) is 0.693. The van der Waals surface area contributed by atoms with Crippen LogP contribution in [0.5, 0.6) is 0 Å². The zero-order valence-electron chi connectivity index (χ0n) is 14.7. The van der Waals surface area contributed by atoms with Gasteiger partial charge >= 0.3 is 6.30 Å². The maximum Gasteiger partial charge on any atom is 0.485 e. The molecule has 0 saturated heterocycles. The lowest BCUT2D eigenvalue weighted by atomic mass is 10.2. The molecule has 3 rings (SSSR count). The summed E-state index contributed by atoms with van der Waals surface area (Å²) in [4.78, 5) is 15.9. The highest BCUT2D eigenvalue weighted by Gasteiger charge is 2.38. The van der Waals surface area contributed by atoms with Crippen molar-refractivity contribution in [1.82, 2.24) is 19.2 Å². The van der Waals surface area contributed by atoms with Gasteiger partial charge in [-0.1, -0.05) is 36.2 Å². The van der Waals surface area contributed by atoms with E-state index >= 15 is 0 Å². The third-order valence-corrected chi connectivity index (χ3v) is 6.12. The van der Waals surface area contributed by atoms with Crippen molar-refractivity contribution in [2.24, 2.45) is 0 Å². The van der Waals surface area contributed by atoms with E-state index in [1.807, 2.05) is 11.6 Å². The predicted molar refractivity (Wildman–Crippen MR) is 99.4 cm³/mol. The van der Waals surface area contributed by atoms with Gasteiger partial charge in [0.1, 0.15) is 17.3 Å². The fourth-order valence-corrected chi connectivity index (χ4v) is 4.36. The predicted octanol–water partition coefficient (Wildman–Crippen LogP) is 3.55. The Morgan fingerprint density at radius 2 is 2.00 bits per heavy atom. The summed E-state index contributed by atoms with van der Waals surface area (Å²) in [5.41, 5.74) is 0.269. The van der Waals surface area contributed by atoms with Gasteiger partial charge < -0.3 is 4.57 Å². The number of halogens is 5. The van der Waals surface area contributed by atoms with E-state index < -0.39 is 34.6 Å². The Hall–Kier alpha value is -2.24. The Kier molecular flexibility index (Phi) is 5.58. The molecule has 1 aliphatic rings. The highest BCUT2D eigenvalue weighted by atomic mass is 35.5. The van der Waals surface area contributed by atoms with Gasteiger partial charge in [0.15, 0.2) is 5.82 Å². The summed E-state index contributed by atoms with van der Waals surface area (Å²) in [5, 5.41) is -0.437. The number of benzene rings is 1. The van der Waals surface area contributed by atoms with Gasteiger partial charge in [0.05, 0.1) is 10.1 Å². The first-order chi connectivity index (χ1) is 13.4. The minimum absolute atomic E-state index is 0.00153. The fraction of sp³-hybridized carbons (Fsp3) is 0.250. The van der Waals surface area contributed by atoms with Crippen molar-refractivity contribution < 1.29 is 26.4 Å². The minimum Gasteiger partial charge on any atom is -0.311 e. The Morgan fingerprint density at radius 1 is 1.31 bits per heavy atom. The molecule has 1 aliphatic heterocycles. The first kappa shape index (κ1) is 21.5. The van der Waals surface area contributed by atoms with E-state index in [9.17, 15) is 26.4 Å². The Morgan fingerprint density at radius 3 is 2.62 bits per heavy atom. The largest absolute Gasteiger partial charge is 0.485 e. The molecular formula is C16H13Cl2F3N4O3S. The molecule has 0 fully saturated rings. The van der Waals surface area contributed by atoms with Gasteiger partial charge in [0, 0.05) is 12.4 Å². The van der Waals surface area contributed by atoms with E-state index in [4.69, 9.17) is 23.2 Å². The van der Waals surface area contributed by atoms with Crippen LogP contribution in [0.25, 0.3) is 5.03 Å². The lowest BCUT2D eigenvalue weighted by Crippen LogP contribution is -2.37. The Bertz CT molecular complexity index is 1110. The molecule has 2 heterocycles. The van der Waals surface area contributed by atoms with Gasteiger partial charge in [-0.05, 0) is 24.1 Å². The van der Waals surface area contributed by atoms with Crippen LogP contribution in [-0.2, 0) is 23.1 Å². The molecule has 156 valence electrons. The molecule has 1 amide bonds. The number of aromatic nitrogens is 2. The highest BCUT2D eigenvalue weighted by molar-refractivity contribution is 7.90. The summed E-state index contributed by atoms with van der Waals surface area (Å²) in [6.07, 6.45) is -2.52. The van der Waals surface area contributed by atoms with Crippen LogP contribution in [0.2, 0.25) is 5.02 Å². The molecule has 0 aliphatic carbocycles. The summed E-state index contributed by atoms with van der Waals surface area (Å²) in [6.45, 7) is 1.13. The van der Waals surface area contributed by atoms with Gasteiger partial charge in [-0.25, -0.2) is 18.1 Å². The number of nitrogens with one attached hydrogen (secondary N) is 1. The number of carbonyl (C=O) groups excluding carboxylic acids is 1. The molecule has 29 heavy (non-hydrogen) atoms. The van der Waals surface area contributed by atoms with Crippen LogP contribution in [0.3, 0.4) is 0 Å². The first-order valence-electron chi connectivity index (χ1n) is 8.06. The topological polar surface area (TPSA) is 84.3 Å². The Labute approximate surface area is 173 Å². The number of carbonyl (C=O) groups is 1. The first-order valence-corrected chi connectivity index (χ1v) is 10.3. The maximum absolute atomic E-state index is 12.9. The van der Waals surface area contributed by atoms with Crippen LogP contribution in [0.4, 0.5) is 13.2 Å². The second-order valence-corrected chi connectivity index (χ2v) is 8.49. The number of sulfonamides is 1. The molecule has 13 heteroatoms. The van der Waals surface area contributed by atoms with E-state index in [0.717, 1.165) is 10.8 Å². The van der Waals surface area contributed by atoms with Crippen molar-refractivity contribution in [1.29, 1.82) is 0 Å². The number of imidazole rings is 1. The normalized spacial score (nSPS) is 14.4. The SMILES string of the molecule is CCc1ccc(Cl)c(S(=O)(=O)NC(=O)c2cn3c(n2)C(Cl)=CN(C(F)(F)F)C3)c1. The van der Waals surface area contributed by atoms with Gasteiger partial charge in [-0.3, -0.25) is 9.69 Å². The molecule has 0 saturated carbocycles. The van der Waals surface area contributed by atoms with Gasteiger partial charge in [0.2, 0.25) is 0 Å². The number of hydrogen-bond acceptors (Lipinski definition) is 5. The van der Waals surface area contributed by atoms with Crippen LogP contribution in [-0.4, -0.2) is 35.1 Å². The third-order valence-electron chi connectivity index (χ3n) is 4.04. The van der Waals surface area contributed by atoms with Crippen LogP contribution >= 0.6 is 23.2 Å². The summed E-state index contributed by atoms with van der Waals surface area (Å²) in [6, 6.07) is 4.37. The number of fused-ring (bicyclic) bond motifs is 1. The van der Waals surface area contributed by atoms with Crippen molar-refractivity contribution in [2.45, 2.75) is 31.2 Å². The molecular weight excluding hydrogens is 456 g/mol. The van der Waals surface area contributed by atoms with E-state index in [1.165, 1.54) is 12.1 Å². The van der Waals surface area contributed by atoms with E-state index in [0.29, 0.717) is 18.2 Å². The van der Waals surface area contributed by atoms with Gasteiger partial charge in [-0.15, -0.1) is 0 Å². The molecule has 1 aromatic carbocycles. The summed E-state index contributed by atoms with van der Waals surface area (Å²) < 4.78 is 66.6. The standard InChI is InChI=1S/C16H13Cl2F3N4O3S/c1-2-9-3-4-10(17)13(5-9)29(27,28)23-15(26)12-7-24-8-25(16(19,20)21)6-11(18)14(24)22-12/h3-7H,2,8H2,1H3,(H,23,26). The molecule has 2 aromatic rings. The van der Waals surface area contributed by atoms with Crippen molar-refractivity contribution in [2.75, 3.05) is 0 Å². The van der Waals surface area contributed by atoms with E-state index in [-0.39, 0.29) is 25.7 Å². The van der Waals surface area contributed by atoms with E-state index in [2.05, 4.69) is 4.98 Å². The lowest BCUT2D eigenvalue weighted by molar-refractivity contribution is -0.237. The number of hydrogen-bond donors (Lipinski definition) is 1. The van der Waals surface area contributed by atoms with Gasteiger partial charge in [0.25, 0.3) is 15.9 Å². The average molecular weight is 469 g/mol. The summed E-state index contributed by atoms with van der Waals surface area (Å²) in [7, 11) is -4.34. The van der Waals surface area contributed by atoms with E-state index in [1.54, 1.807) is 6.07 Å². The highest BCUT2D eigenvalue weighted by Crippen LogP contribution is 2.31. The molecule has 7 nitrogen and oxygen atoms in total. The van der Waals surface area contributed by atoms with Crippen molar-refractivity contribution in [3.8, 4) is 0 Å². The molecule has 1 aromatic heterocycles. The molecule has 1 N–H and O–H groups in total.